The minimum atomic E-state index is -5.08. The molecule has 1 aliphatic rings. The fraction of sp³-hybridized carbons (Fsp3) is 0.480. The monoisotopic (exact) mass is 584 g/mol. The number of hydrogen-bond acceptors (Lipinski definition) is 9. The van der Waals surface area contributed by atoms with Crippen LogP contribution in [0.5, 0.6) is 5.75 Å². The molecule has 0 radical (unpaired) electrons. The van der Waals surface area contributed by atoms with Gasteiger partial charge in [-0.15, -0.1) is 0 Å². The molecule has 2 aromatic rings. The van der Waals surface area contributed by atoms with Crippen LogP contribution in [0.2, 0.25) is 0 Å². The first-order valence-electron chi connectivity index (χ1n) is 12.2. The third kappa shape index (κ3) is 7.12. The van der Waals surface area contributed by atoms with Crippen molar-refractivity contribution in [3.05, 3.63) is 66.5 Å². The largest absolute Gasteiger partial charge is 0.478 e. The molecular formula is C25H27F3N4O9. The first-order chi connectivity index (χ1) is 19.1. The number of rotatable bonds is 8. The zero-order chi connectivity index (χ0) is 30.7. The standard InChI is InChI=1S/C25H27F3N4O9/c1-13(2)20(15-7-6-14(9-16(15)32(38)39)5-4-8-29-22(36)25(26,27)28)40-18-11-31(23(37)30-21(18)35)24(3)10-17(34)19(12-33)41-24/h6-7,9,11,13,17,19-20,33-34H,8,10,12H2,1-3H3,(H,29,36)(H,30,35,37)/t17-,19+,20+,24+/m0/s1. The number of aromatic amines is 1. The minimum Gasteiger partial charge on any atom is -0.478 e. The van der Waals surface area contributed by atoms with Crippen LogP contribution < -0.4 is 21.3 Å². The Morgan fingerprint density at radius 2 is 2.07 bits per heavy atom. The quantitative estimate of drug-likeness (QED) is 0.200. The number of nitrogens with zero attached hydrogens (tertiary/aromatic N) is 2. The Morgan fingerprint density at radius 1 is 1.39 bits per heavy atom. The lowest BCUT2D eigenvalue weighted by Gasteiger charge is -2.28. The van der Waals surface area contributed by atoms with E-state index in [2.05, 4.69) is 16.8 Å². The highest BCUT2D eigenvalue weighted by Gasteiger charge is 2.45. The summed E-state index contributed by atoms with van der Waals surface area (Å²) in [6, 6.07) is 3.74. The number of carbonyl (C=O) groups is 1. The van der Waals surface area contributed by atoms with E-state index in [1.165, 1.54) is 19.1 Å². The third-order valence-electron chi connectivity index (χ3n) is 6.24. The number of alkyl halides is 3. The predicted octanol–water partition coefficient (Wildman–Crippen LogP) is 1.07. The van der Waals surface area contributed by atoms with Gasteiger partial charge in [-0.3, -0.25) is 29.3 Å². The number of carbonyl (C=O) groups excluding carboxylic acids is 1. The van der Waals surface area contributed by atoms with Crippen molar-refractivity contribution in [1.82, 2.24) is 14.9 Å². The van der Waals surface area contributed by atoms with Crippen molar-refractivity contribution in [3.63, 3.8) is 0 Å². The van der Waals surface area contributed by atoms with Gasteiger partial charge in [0.25, 0.3) is 11.2 Å². The molecule has 16 heteroatoms. The smallest absolute Gasteiger partial charge is 0.471 e. The van der Waals surface area contributed by atoms with E-state index in [1.807, 2.05) is 0 Å². The Hall–Kier alpha value is -4.20. The number of hydrogen-bond donors (Lipinski definition) is 4. The van der Waals surface area contributed by atoms with Crippen LogP contribution in [0.25, 0.3) is 0 Å². The van der Waals surface area contributed by atoms with E-state index in [-0.39, 0.29) is 23.3 Å². The highest BCUT2D eigenvalue weighted by atomic mass is 19.4. The number of ether oxygens (including phenoxy) is 2. The molecule has 3 rings (SSSR count). The molecule has 1 amide bonds. The summed E-state index contributed by atoms with van der Waals surface area (Å²) in [6.07, 6.45) is -7.27. The van der Waals surface area contributed by atoms with Crippen LogP contribution in [-0.4, -0.2) is 62.1 Å². The molecular weight excluding hydrogens is 557 g/mol. The Balaban J connectivity index is 1.94. The Bertz CT molecular complexity index is 1490. The molecule has 0 aliphatic carbocycles. The van der Waals surface area contributed by atoms with Crippen molar-refractivity contribution < 1.29 is 42.6 Å². The summed E-state index contributed by atoms with van der Waals surface area (Å²) < 4.78 is 49.4. The summed E-state index contributed by atoms with van der Waals surface area (Å²) in [6.45, 7) is 3.63. The first-order valence-corrected chi connectivity index (χ1v) is 12.2. The van der Waals surface area contributed by atoms with Gasteiger partial charge in [-0.1, -0.05) is 25.7 Å². The third-order valence-corrected chi connectivity index (χ3v) is 6.24. The van der Waals surface area contributed by atoms with Gasteiger partial charge in [-0.05, 0) is 25.0 Å². The number of halogens is 3. The summed E-state index contributed by atoms with van der Waals surface area (Å²) >= 11 is 0. The molecule has 2 heterocycles. The minimum absolute atomic E-state index is 0.0390. The fourth-order valence-electron chi connectivity index (χ4n) is 4.26. The lowest BCUT2D eigenvalue weighted by atomic mass is 9.96. The molecule has 1 saturated heterocycles. The van der Waals surface area contributed by atoms with E-state index in [1.54, 1.807) is 19.2 Å². The summed E-state index contributed by atoms with van der Waals surface area (Å²) in [5.74, 6) is 1.71. The van der Waals surface area contributed by atoms with Crippen molar-refractivity contribution in [2.45, 2.75) is 57.4 Å². The van der Waals surface area contributed by atoms with Gasteiger partial charge in [0.1, 0.15) is 17.9 Å². The van der Waals surface area contributed by atoms with Gasteiger partial charge in [0.2, 0.25) is 5.75 Å². The number of nitrogens with one attached hydrogen (secondary N) is 2. The van der Waals surface area contributed by atoms with E-state index >= 15 is 0 Å². The maximum absolute atomic E-state index is 12.6. The molecule has 222 valence electrons. The van der Waals surface area contributed by atoms with E-state index in [0.717, 1.165) is 16.8 Å². The van der Waals surface area contributed by atoms with Gasteiger partial charge < -0.3 is 25.0 Å². The van der Waals surface area contributed by atoms with E-state index < -0.39 is 77.0 Å². The second-order valence-electron chi connectivity index (χ2n) is 9.70. The summed E-state index contributed by atoms with van der Waals surface area (Å²) in [4.78, 5) is 49.4. The fourth-order valence-corrected chi connectivity index (χ4v) is 4.26. The average molecular weight is 585 g/mol. The van der Waals surface area contributed by atoms with E-state index in [0.29, 0.717) is 0 Å². The van der Waals surface area contributed by atoms with E-state index in [4.69, 9.17) is 9.47 Å². The van der Waals surface area contributed by atoms with Crippen LogP contribution in [0.4, 0.5) is 18.9 Å². The molecule has 13 nitrogen and oxygen atoms in total. The maximum Gasteiger partial charge on any atom is 0.471 e. The highest BCUT2D eigenvalue weighted by molar-refractivity contribution is 5.81. The van der Waals surface area contributed by atoms with Crippen molar-refractivity contribution in [2.24, 2.45) is 5.92 Å². The molecule has 1 aromatic carbocycles. The second-order valence-corrected chi connectivity index (χ2v) is 9.70. The number of aliphatic hydroxyl groups is 2. The first kappa shape index (κ1) is 31.3. The normalized spacial score (nSPS) is 21.2. The number of amides is 1. The summed E-state index contributed by atoms with van der Waals surface area (Å²) in [5, 5.41) is 33.0. The second kappa shape index (κ2) is 12.1. The van der Waals surface area contributed by atoms with Crippen molar-refractivity contribution in [2.75, 3.05) is 13.2 Å². The van der Waals surface area contributed by atoms with Gasteiger partial charge in [-0.2, -0.15) is 13.2 Å². The molecule has 4 N–H and O–H groups in total. The SMILES string of the molecule is CC(C)[C@@H](Oc1cn([C@@]2(C)C[C@H](O)[C@@H](CO)O2)c(=O)[nH]c1=O)c1ccc(C#CCNC(=O)C(F)(F)F)cc1[N+](=O)[O-]. The van der Waals surface area contributed by atoms with Gasteiger partial charge in [0.15, 0.2) is 0 Å². The highest BCUT2D eigenvalue weighted by Crippen LogP contribution is 2.36. The zero-order valence-corrected chi connectivity index (χ0v) is 22.0. The Morgan fingerprint density at radius 3 is 2.63 bits per heavy atom. The van der Waals surface area contributed by atoms with Crippen LogP contribution in [0.15, 0.2) is 34.0 Å². The lowest BCUT2D eigenvalue weighted by Crippen LogP contribution is -2.42. The van der Waals surface area contributed by atoms with Crippen LogP contribution in [0.1, 0.15) is 44.4 Å². The molecule has 41 heavy (non-hydrogen) atoms. The number of H-pyrrole nitrogens is 1. The van der Waals surface area contributed by atoms with E-state index in [9.17, 15) is 47.9 Å². The number of nitro groups is 1. The summed E-state index contributed by atoms with van der Waals surface area (Å²) in [5.41, 5.74) is -3.61. The van der Waals surface area contributed by atoms with Gasteiger partial charge >= 0.3 is 17.8 Å². The van der Waals surface area contributed by atoms with Gasteiger partial charge in [0.05, 0.1) is 35.9 Å². The van der Waals surface area contributed by atoms with Gasteiger partial charge in [0, 0.05) is 18.1 Å². The molecule has 0 spiro atoms. The Kier molecular flexibility index (Phi) is 9.26. The van der Waals surface area contributed by atoms with Crippen LogP contribution in [0, 0.1) is 27.9 Å². The van der Waals surface area contributed by atoms with Crippen LogP contribution in [-0.2, 0) is 15.3 Å². The van der Waals surface area contributed by atoms with Crippen molar-refractivity contribution in [3.8, 4) is 17.6 Å². The maximum atomic E-state index is 12.6. The van der Waals surface area contributed by atoms with Crippen molar-refractivity contribution in [1.29, 1.82) is 0 Å². The van der Waals surface area contributed by atoms with Crippen LogP contribution >= 0.6 is 0 Å². The molecule has 1 aromatic heterocycles. The molecule has 1 aliphatic heterocycles. The topological polar surface area (TPSA) is 186 Å². The number of nitro benzene ring substituents is 1. The zero-order valence-electron chi connectivity index (χ0n) is 22.0. The van der Waals surface area contributed by atoms with Crippen LogP contribution in [0.3, 0.4) is 0 Å². The number of aromatic nitrogens is 2. The molecule has 1 fully saturated rings. The molecule has 0 saturated carbocycles. The Labute approximate surface area is 230 Å². The van der Waals surface area contributed by atoms with Crippen molar-refractivity contribution >= 4 is 11.6 Å². The average Bonchev–Trinajstić information content (AvgIpc) is 3.19. The molecule has 0 bridgehead atoms. The summed E-state index contributed by atoms with van der Waals surface area (Å²) in [7, 11) is 0. The predicted molar refractivity (Wildman–Crippen MR) is 135 cm³/mol. The van der Waals surface area contributed by atoms with Gasteiger partial charge in [-0.25, -0.2) is 4.79 Å². The number of benzene rings is 1. The lowest BCUT2D eigenvalue weighted by molar-refractivity contribution is -0.386. The molecule has 0 unspecified atom stereocenters. The number of aliphatic hydroxyl groups excluding tert-OH is 2. The molecule has 4 atom stereocenters.